The summed E-state index contributed by atoms with van der Waals surface area (Å²) in [5.74, 6) is -0.516. The summed E-state index contributed by atoms with van der Waals surface area (Å²) in [6, 6.07) is 6.16. The fraction of sp³-hybridized carbons (Fsp3) is 0.500. The molecule has 1 aromatic rings. The van der Waals surface area contributed by atoms with Crippen molar-refractivity contribution in [2.75, 3.05) is 6.54 Å². The summed E-state index contributed by atoms with van der Waals surface area (Å²) in [7, 11) is 0. The van der Waals surface area contributed by atoms with Gasteiger partial charge in [-0.3, -0.25) is 4.79 Å². The van der Waals surface area contributed by atoms with E-state index in [0.29, 0.717) is 13.0 Å². The Labute approximate surface area is 123 Å². The zero-order valence-electron chi connectivity index (χ0n) is 12.6. The van der Waals surface area contributed by atoms with E-state index in [1.165, 1.54) is 12.1 Å². The van der Waals surface area contributed by atoms with Crippen LogP contribution in [0.25, 0.3) is 0 Å². The number of imide groups is 1. The fourth-order valence-electron chi connectivity index (χ4n) is 2.36. The van der Waals surface area contributed by atoms with Crippen molar-refractivity contribution in [2.24, 2.45) is 0 Å². The number of nitrogens with zero attached hydrogens (tertiary/aromatic N) is 1. The van der Waals surface area contributed by atoms with Gasteiger partial charge in [0.05, 0.1) is 0 Å². The Hall–Kier alpha value is -1.91. The fourth-order valence-corrected chi connectivity index (χ4v) is 2.36. The topological polar surface area (TPSA) is 46.6 Å². The highest BCUT2D eigenvalue weighted by Gasteiger charge is 2.33. The predicted octanol–water partition coefficient (Wildman–Crippen LogP) is 3.47. The molecule has 0 aliphatic carbocycles. The van der Waals surface area contributed by atoms with Gasteiger partial charge < -0.3 is 4.74 Å². The lowest BCUT2D eigenvalue weighted by Gasteiger charge is -2.32. The first-order valence-electron chi connectivity index (χ1n) is 7.05. The third kappa shape index (κ3) is 4.03. The van der Waals surface area contributed by atoms with Crippen molar-refractivity contribution in [3.63, 3.8) is 0 Å². The third-order valence-corrected chi connectivity index (χ3v) is 3.38. The second kappa shape index (κ2) is 5.84. The first-order valence-corrected chi connectivity index (χ1v) is 7.05. The lowest BCUT2D eigenvalue weighted by Crippen LogP contribution is -2.44. The van der Waals surface area contributed by atoms with Crippen LogP contribution in [-0.4, -0.2) is 29.0 Å². The molecule has 0 saturated carbocycles. The first kappa shape index (κ1) is 15.5. The monoisotopic (exact) mass is 293 g/mol. The smallest absolute Gasteiger partial charge is 0.417 e. The van der Waals surface area contributed by atoms with Crippen molar-refractivity contribution in [3.05, 3.63) is 35.6 Å². The molecule has 1 aliphatic rings. The molecule has 1 aliphatic heterocycles. The van der Waals surface area contributed by atoms with E-state index in [9.17, 15) is 14.0 Å². The van der Waals surface area contributed by atoms with Crippen LogP contribution in [0.1, 0.15) is 45.1 Å². The SMILES string of the molecule is CC(C)(C)OC(=O)N1CCC(c2ccc(F)cc2)CC1=O. The third-order valence-electron chi connectivity index (χ3n) is 3.38. The molecule has 0 bridgehead atoms. The van der Waals surface area contributed by atoms with Crippen LogP contribution in [0.2, 0.25) is 0 Å². The summed E-state index contributed by atoms with van der Waals surface area (Å²) in [4.78, 5) is 25.2. The number of rotatable bonds is 1. The molecule has 1 unspecified atom stereocenters. The lowest BCUT2D eigenvalue weighted by atomic mass is 9.89. The number of piperidine rings is 1. The Balaban J connectivity index is 2.00. The molecule has 1 atom stereocenters. The van der Waals surface area contributed by atoms with Gasteiger partial charge in [0.2, 0.25) is 5.91 Å². The summed E-state index contributed by atoms with van der Waals surface area (Å²) < 4.78 is 18.1. The van der Waals surface area contributed by atoms with Crippen LogP contribution in [0.3, 0.4) is 0 Å². The normalized spacial score (nSPS) is 19.5. The molecule has 21 heavy (non-hydrogen) atoms. The number of carbonyl (C=O) groups is 2. The molecule has 0 aromatic heterocycles. The van der Waals surface area contributed by atoms with Gasteiger partial charge in [-0.15, -0.1) is 0 Å². The number of halogens is 1. The average molecular weight is 293 g/mol. The van der Waals surface area contributed by atoms with E-state index in [1.807, 2.05) is 0 Å². The van der Waals surface area contributed by atoms with E-state index in [1.54, 1.807) is 32.9 Å². The summed E-state index contributed by atoms with van der Waals surface area (Å²) in [5.41, 5.74) is 0.305. The molecular formula is C16H20FNO3. The Morgan fingerprint density at radius 2 is 1.90 bits per heavy atom. The lowest BCUT2D eigenvalue weighted by molar-refractivity contribution is -0.132. The van der Waals surface area contributed by atoms with Gasteiger partial charge in [0, 0.05) is 13.0 Å². The van der Waals surface area contributed by atoms with Crippen molar-refractivity contribution in [3.8, 4) is 0 Å². The van der Waals surface area contributed by atoms with Gasteiger partial charge in [-0.05, 0) is 50.8 Å². The molecule has 0 radical (unpaired) electrons. The highest BCUT2D eigenvalue weighted by atomic mass is 19.1. The average Bonchev–Trinajstić information content (AvgIpc) is 2.37. The number of ether oxygens (including phenoxy) is 1. The number of hydrogen-bond acceptors (Lipinski definition) is 3. The summed E-state index contributed by atoms with van der Waals surface area (Å²) >= 11 is 0. The highest BCUT2D eigenvalue weighted by molar-refractivity contribution is 5.93. The van der Waals surface area contributed by atoms with Gasteiger partial charge in [-0.2, -0.15) is 0 Å². The molecule has 1 heterocycles. The molecule has 5 heteroatoms. The molecule has 1 aromatic carbocycles. The van der Waals surface area contributed by atoms with Crippen LogP contribution in [0.15, 0.2) is 24.3 Å². The van der Waals surface area contributed by atoms with Crippen LogP contribution < -0.4 is 0 Å². The number of benzene rings is 1. The minimum atomic E-state index is -0.620. The highest BCUT2D eigenvalue weighted by Crippen LogP contribution is 2.29. The van der Waals surface area contributed by atoms with E-state index in [-0.39, 0.29) is 24.1 Å². The van der Waals surface area contributed by atoms with Crippen molar-refractivity contribution in [2.45, 2.75) is 45.1 Å². The van der Waals surface area contributed by atoms with Gasteiger partial charge >= 0.3 is 6.09 Å². The van der Waals surface area contributed by atoms with E-state index < -0.39 is 11.7 Å². The van der Waals surface area contributed by atoms with E-state index in [2.05, 4.69) is 0 Å². The summed E-state index contributed by atoms with van der Waals surface area (Å²) in [6.45, 7) is 5.62. The van der Waals surface area contributed by atoms with Crippen LogP contribution in [-0.2, 0) is 9.53 Å². The molecule has 1 saturated heterocycles. The standard InChI is InChI=1S/C16H20FNO3/c1-16(2,3)21-15(20)18-9-8-12(10-14(18)19)11-4-6-13(17)7-5-11/h4-7,12H,8-10H2,1-3H3. The van der Waals surface area contributed by atoms with Crippen LogP contribution >= 0.6 is 0 Å². The zero-order valence-corrected chi connectivity index (χ0v) is 12.6. The molecule has 0 spiro atoms. The van der Waals surface area contributed by atoms with Gasteiger partial charge in [0.1, 0.15) is 11.4 Å². The van der Waals surface area contributed by atoms with Gasteiger partial charge in [0.15, 0.2) is 0 Å². The second-order valence-corrected chi connectivity index (χ2v) is 6.27. The minimum absolute atomic E-state index is 0.0248. The number of amides is 2. The molecule has 0 N–H and O–H groups in total. The molecule has 4 nitrogen and oxygen atoms in total. The van der Waals surface area contributed by atoms with Crippen LogP contribution in [0.4, 0.5) is 9.18 Å². The predicted molar refractivity (Wildman–Crippen MR) is 76.3 cm³/mol. The maximum atomic E-state index is 12.9. The van der Waals surface area contributed by atoms with Crippen LogP contribution in [0.5, 0.6) is 0 Å². The molecule has 1 fully saturated rings. The van der Waals surface area contributed by atoms with Crippen molar-refractivity contribution >= 4 is 12.0 Å². The number of carbonyl (C=O) groups excluding carboxylic acids is 2. The quantitative estimate of drug-likeness (QED) is 0.796. The Morgan fingerprint density at radius 3 is 2.43 bits per heavy atom. The van der Waals surface area contributed by atoms with Crippen LogP contribution in [0, 0.1) is 5.82 Å². The summed E-state index contributed by atoms with van der Waals surface area (Å²) in [5, 5.41) is 0. The van der Waals surface area contributed by atoms with Gasteiger partial charge in [0.25, 0.3) is 0 Å². The van der Waals surface area contributed by atoms with Gasteiger partial charge in [-0.1, -0.05) is 12.1 Å². The minimum Gasteiger partial charge on any atom is -0.443 e. The number of likely N-dealkylation sites (tertiary alicyclic amines) is 1. The van der Waals surface area contributed by atoms with Crippen molar-refractivity contribution in [1.82, 2.24) is 4.90 Å². The Bertz CT molecular complexity index is 533. The maximum Gasteiger partial charge on any atom is 0.417 e. The van der Waals surface area contributed by atoms with Crippen molar-refractivity contribution in [1.29, 1.82) is 0 Å². The van der Waals surface area contributed by atoms with E-state index in [0.717, 1.165) is 10.5 Å². The largest absolute Gasteiger partial charge is 0.443 e. The Kier molecular flexibility index (Phi) is 4.30. The summed E-state index contributed by atoms with van der Waals surface area (Å²) in [6.07, 6.45) is 0.312. The van der Waals surface area contributed by atoms with Gasteiger partial charge in [-0.25, -0.2) is 14.1 Å². The number of hydrogen-bond donors (Lipinski definition) is 0. The first-order chi connectivity index (χ1) is 9.76. The molecular weight excluding hydrogens is 273 g/mol. The molecule has 114 valence electrons. The van der Waals surface area contributed by atoms with Crippen molar-refractivity contribution < 1.29 is 18.7 Å². The second-order valence-electron chi connectivity index (χ2n) is 6.27. The Morgan fingerprint density at radius 1 is 1.29 bits per heavy atom. The molecule has 2 amide bonds. The zero-order chi connectivity index (χ0) is 15.6. The maximum absolute atomic E-state index is 12.9. The van der Waals surface area contributed by atoms with E-state index >= 15 is 0 Å². The molecule has 2 rings (SSSR count). The van der Waals surface area contributed by atoms with E-state index in [4.69, 9.17) is 4.74 Å².